The second-order valence-corrected chi connectivity index (χ2v) is 14.3. The summed E-state index contributed by atoms with van der Waals surface area (Å²) < 4.78 is 31.8. The number of unbranched alkanes of at least 4 members (excludes halogenated alkanes) is 22. The maximum absolute atomic E-state index is 12.4. The smallest absolute Gasteiger partial charge is 0.462 e. The molecule has 0 amide bonds. The van der Waals surface area contributed by atoms with E-state index in [1.165, 1.54) is 103 Å². The molecule has 272 valence electrons. The maximum Gasteiger partial charge on any atom is 0.472 e. The van der Waals surface area contributed by atoms with E-state index in [-0.39, 0.29) is 19.0 Å². The molecule has 1 N–H and O–H groups in total. The van der Waals surface area contributed by atoms with Gasteiger partial charge in [-0.1, -0.05) is 148 Å². The van der Waals surface area contributed by atoms with Crippen LogP contribution in [0.25, 0.3) is 0 Å². The summed E-state index contributed by atoms with van der Waals surface area (Å²) in [6.07, 6.45) is 34.0. The van der Waals surface area contributed by atoms with Gasteiger partial charge in [-0.25, -0.2) is 4.57 Å². The molecule has 2 unspecified atom stereocenters. The van der Waals surface area contributed by atoms with E-state index in [9.17, 15) is 19.0 Å². The van der Waals surface area contributed by atoms with Gasteiger partial charge in [0.15, 0.2) is 6.10 Å². The van der Waals surface area contributed by atoms with Crippen LogP contribution in [0.4, 0.5) is 0 Å². The van der Waals surface area contributed by atoms with Gasteiger partial charge in [0.05, 0.1) is 6.61 Å². The molecule has 0 aliphatic rings. The van der Waals surface area contributed by atoms with Crippen LogP contribution < -0.4 is 0 Å². The Labute approximate surface area is 282 Å². The third kappa shape index (κ3) is 32.7. The Morgan fingerprint density at radius 2 is 0.978 bits per heavy atom. The molecule has 2 atom stereocenters. The molecule has 0 radical (unpaired) electrons. The van der Waals surface area contributed by atoms with Gasteiger partial charge in [-0.15, -0.1) is 0 Å². The van der Waals surface area contributed by atoms with Crippen molar-refractivity contribution in [3.8, 4) is 0 Å². The van der Waals surface area contributed by atoms with E-state index in [2.05, 4.69) is 30.5 Å². The summed E-state index contributed by atoms with van der Waals surface area (Å²) >= 11 is 0. The number of hydrogen-bond acceptors (Lipinski definition) is 7. The average molecular weight is 675 g/mol. The molecule has 8 nitrogen and oxygen atoms in total. The van der Waals surface area contributed by atoms with Gasteiger partial charge >= 0.3 is 19.8 Å². The summed E-state index contributed by atoms with van der Waals surface area (Å²) in [5.74, 6) is -0.808. The van der Waals surface area contributed by atoms with Gasteiger partial charge in [0.2, 0.25) is 0 Å². The number of rotatable bonds is 35. The van der Waals surface area contributed by atoms with Crippen molar-refractivity contribution in [3.63, 3.8) is 0 Å². The number of carbonyl (C=O) groups excluding carboxylic acids is 2. The molecule has 0 aliphatic carbocycles. The lowest BCUT2D eigenvalue weighted by Crippen LogP contribution is -2.29. The molecule has 0 aromatic rings. The predicted octanol–water partition coefficient (Wildman–Crippen LogP) is 11.3. The normalized spacial score (nSPS) is 13.6. The first-order valence-electron chi connectivity index (χ1n) is 18.9. The quantitative estimate of drug-likeness (QED) is 0.0306. The van der Waals surface area contributed by atoms with Crippen LogP contribution in [0.1, 0.15) is 187 Å². The number of ether oxygens (including phenoxy) is 2. The van der Waals surface area contributed by atoms with Gasteiger partial charge in [-0.2, -0.15) is 0 Å². The Balaban J connectivity index is 4.06. The summed E-state index contributed by atoms with van der Waals surface area (Å²) in [5.41, 5.74) is 0. The highest BCUT2D eigenvalue weighted by Crippen LogP contribution is 2.42. The molecular weight excluding hydrogens is 603 g/mol. The summed E-state index contributed by atoms with van der Waals surface area (Å²) in [6.45, 7) is 3.87. The van der Waals surface area contributed by atoms with Crippen molar-refractivity contribution >= 4 is 19.8 Å². The van der Waals surface area contributed by atoms with Gasteiger partial charge in [0, 0.05) is 20.0 Å². The summed E-state index contributed by atoms with van der Waals surface area (Å²) in [7, 11) is -3.19. The fourth-order valence-electron chi connectivity index (χ4n) is 5.30. The Morgan fingerprint density at radius 1 is 0.587 bits per heavy atom. The lowest BCUT2D eigenvalue weighted by molar-refractivity contribution is -0.161. The molecule has 0 aromatic carbocycles. The predicted molar refractivity (Wildman–Crippen MR) is 189 cm³/mol. The highest BCUT2D eigenvalue weighted by Gasteiger charge is 2.24. The Morgan fingerprint density at radius 3 is 1.41 bits per heavy atom. The molecule has 46 heavy (non-hydrogen) atoms. The zero-order chi connectivity index (χ0) is 34.0. The molecule has 0 saturated carbocycles. The lowest BCUT2D eigenvalue weighted by Gasteiger charge is -2.19. The molecule has 0 fully saturated rings. The van der Waals surface area contributed by atoms with Gasteiger partial charge in [0.25, 0.3) is 0 Å². The minimum absolute atomic E-state index is 0.223. The van der Waals surface area contributed by atoms with E-state index < -0.39 is 26.5 Å². The molecule has 0 spiro atoms. The number of esters is 2. The average Bonchev–Trinajstić information content (AvgIpc) is 3.04. The number of allylic oxidation sites excluding steroid dienone is 2. The Kier molecular flexibility index (Phi) is 32.8. The highest BCUT2D eigenvalue weighted by molar-refractivity contribution is 7.47. The van der Waals surface area contributed by atoms with Crippen LogP contribution in [0.5, 0.6) is 0 Å². The van der Waals surface area contributed by atoms with Crippen LogP contribution in [0.15, 0.2) is 12.2 Å². The van der Waals surface area contributed by atoms with E-state index >= 15 is 0 Å². The topological polar surface area (TPSA) is 108 Å². The fourth-order valence-corrected chi connectivity index (χ4v) is 5.76. The van der Waals surface area contributed by atoms with Crippen molar-refractivity contribution in [1.29, 1.82) is 0 Å². The van der Waals surface area contributed by atoms with Crippen LogP contribution in [-0.2, 0) is 32.7 Å². The second-order valence-electron chi connectivity index (χ2n) is 12.7. The zero-order valence-electron chi connectivity index (χ0n) is 30.0. The Bertz CT molecular complexity index is 772. The number of hydrogen-bond donors (Lipinski definition) is 1. The van der Waals surface area contributed by atoms with Crippen LogP contribution in [-0.4, -0.2) is 43.3 Å². The summed E-state index contributed by atoms with van der Waals surface area (Å²) in [6, 6.07) is 0. The third-order valence-electron chi connectivity index (χ3n) is 8.26. The number of carbonyl (C=O) groups is 2. The monoisotopic (exact) mass is 674 g/mol. The number of phosphoric acid groups is 1. The van der Waals surface area contributed by atoms with E-state index in [4.69, 9.17) is 14.0 Å². The van der Waals surface area contributed by atoms with Crippen molar-refractivity contribution in [2.45, 2.75) is 193 Å². The molecule has 0 heterocycles. The largest absolute Gasteiger partial charge is 0.472 e. The van der Waals surface area contributed by atoms with Gasteiger partial charge in [0.1, 0.15) is 6.61 Å². The van der Waals surface area contributed by atoms with Crippen molar-refractivity contribution in [2.75, 3.05) is 20.3 Å². The lowest BCUT2D eigenvalue weighted by atomic mass is 10.0. The molecule has 9 heteroatoms. The van der Waals surface area contributed by atoms with Gasteiger partial charge in [-0.05, 0) is 38.5 Å². The summed E-state index contributed by atoms with van der Waals surface area (Å²) in [5, 5.41) is 0. The number of phosphoric ester groups is 1. The van der Waals surface area contributed by atoms with Gasteiger partial charge < -0.3 is 14.4 Å². The fraction of sp³-hybridized carbons (Fsp3) is 0.892. The van der Waals surface area contributed by atoms with Crippen LogP contribution >= 0.6 is 7.82 Å². The summed E-state index contributed by atoms with van der Waals surface area (Å²) in [4.78, 5) is 34.3. The first-order chi connectivity index (χ1) is 22.3. The standard InChI is InChI=1S/C37H71O8P/c1-4-6-8-10-12-14-16-18-19-20-22-24-26-28-30-32-37(39)45-35(34-44-46(40,41)42-3)33-43-36(38)31-29-27-25-23-21-17-15-13-11-9-7-5-2/h18-19,35H,4-17,20-34H2,1-3H3,(H,40,41)/b19-18-. The first-order valence-corrected chi connectivity index (χ1v) is 20.4. The molecular formula is C37H71O8P. The molecule has 0 aromatic heterocycles. The molecule has 0 bridgehead atoms. The first kappa shape index (κ1) is 44.8. The maximum atomic E-state index is 12.4. The zero-order valence-corrected chi connectivity index (χ0v) is 30.9. The highest BCUT2D eigenvalue weighted by atomic mass is 31.2. The van der Waals surface area contributed by atoms with E-state index in [0.29, 0.717) is 12.8 Å². The SMILES string of the molecule is CCCCCCCC/C=C\CCCCCCCC(=O)OC(COC(=O)CCCCCCCCCCCCCC)COP(=O)(O)OC. The third-order valence-corrected chi connectivity index (χ3v) is 9.20. The molecule has 0 aliphatic heterocycles. The van der Waals surface area contributed by atoms with Crippen LogP contribution in [0.2, 0.25) is 0 Å². The minimum Gasteiger partial charge on any atom is -0.462 e. The van der Waals surface area contributed by atoms with Crippen molar-refractivity contribution in [2.24, 2.45) is 0 Å². The Hall–Kier alpha value is -1.21. The van der Waals surface area contributed by atoms with Gasteiger partial charge in [-0.3, -0.25) is 18.6 Å². The van der Waals surface area contributed by atoms with Crippen LogP contribution in [0.3, 0.4) is 0 Å². The molecule has 0 rings (SSSR count). The minimum atomic E-state index is -4.25. The molecule has 0 saturated heterocycles. The van der Waals surface area contributed by atoms with Crippen molar-refractivity contribution < 1.29 is 37.6 Å². The van der Waals surface area contributed by atoms with E-state index in [0.717, 1.165) is 58.5 Å². The van der Waals surface area contributed by atoms with E-state index in [1.807, 2.05) is 0 Å². The second kappa shape index (κ2) is 33.7. The van der Waals surface area contributed by atoms with Crippen LogP contribution in [0, 0.1) is 0 Å². The van der Waals surface area contributed by atoms with E-state index in [1.54, 1.807) is 0 Å². The van der Waals surface area contributed by atoms with Crippen molar-refractivity contribution in [1.82, 2.24) is 0 Å². The van der Waals surface area contributed by atoms with Crippen molar-refractivity contribution in [3.05, 3.63) is 12.2 Å².